The Kier molecular flexibility index (Phi) is 10.8. The molecule has 1 N–H and O–H groups in total. The second kappa shape index (κ2) is 11.7. The maximum atomic E-state index is 10.0. The molecular weight excluding hydrogens is 236 g/mol. The molecule has 0 spiro atoms. The van der Waals surface area contributed by atoms with Gasteiger partial charge >= 0.3 is 0 Å². The topological polar surface area (TPSA) is 37.3 Å². The Morgan fingerprint density at radius 1 is 1.21 bits per heavy atom. The van der Waals surface area contributed by atoms with Gasteiger partial charge in [-0.2, -0.15) is 0 Å². The summed E-state index contributed by atoms with van der Waals surface area (Å²) in [6.07, 6.45) is 6.39. The standard InChI is InChI=1S/C10H20O.C7H6O/c1-9(2)5-4-6-10(3)7-8-11;8-6-7-4-2-1-3-5-7/h5,10-11H,4,6-8H2,1-3H3;1-6H. The van der Waals surface area contributed by atoms with Crippen LogP contribution in [0.25, 0.3) is 0 Å². The highest BCUT2D eigenvalue weighted by Gasteiger charge is 1.98. The Labute approximate surface area is 117 Å². The zero-order valence-corrected chi connectivity index (χ0v) is 12.3. The Bertz CT molecular complexity index is 351. The first-order valence-electron chi connectivity index (χ1n) is 6.84. The van der Waals surface area contributed by atoms with Gasteiger partial charge in [0.15, 0.2) is 0 Å². The minimum absolute atomic E-state index is 0.329. The number of aliphatic hydroxyl groups excluding tert-OH is 1. The monoisotopic (exact) mass is 262 g/mol. The fourth-order valence-electron chi connectivity index (χ4n) is 1.55. The molecule has 1 aromatic carbocycles. The van der Waals surface area contributed by atoms with E-state index in [-0.39, 0.29) is 0 Å². The Hall–Kier alpha value is -1.41. The molecule has 1 unspecified atom stereocenters. The number of benzene rings is 1. The molecule has 0 aliphatic heterocycles. The lowest BCUT2D eigenvalue weighted by Gasteiger charge is -2.06. The van der Waals surface area contributed by atoms with E-state index in [0.29, 0.717) is 12.5 Å². The molecular formula is C17H26O2. The van der Waals surface area contributed by atoms with E-state index in [1.54, 1.807) is 12.1 Å². The van der Waals surface area contributed by atoms with E-state index < -0.39 is 0 Å². The van der Waals surface area contributed by atoms with E-state index in [0.717, 1.165) is 24.7 Å². The molecule has 1 aromatic rings. The predicted molar refractivity (Wildman–Crippen MR) is 81.4 cm³/mol. The highest BCUT2D eigenvalue weighted by molar-refractivity contribution is 5.74. The molecule has 2 nitrogen and oxygen atoms in total. The van der Waals surface area contributed by atoms with Gasteiger partial charge in [0.25, 0.3) is 0 Å². The minimum atomic E-state index is 0.329. The van der Waals surface area contributed by atoms with Crippen molar-refractivity contribution in [1.82, 2.24) is 0 Å². The summed E-state index contributed by atoms with van der Waals surface area (Å²) in [5.74, 6) is 0.663. The molecule has 0 aliphatic carbocycles. The SMILES string of the molecule is CC(C)=CCCC(C)CCO.O=Cc1ccccc1. The van der Waals surface area contributed by atoms with Gasteiger partial charge in [-0.3, -0.25) is 4.79 Å². The average molecular weight is 262 g/mol. The van der Waals surface area contributed by atoms with Gasteiger partial charge < -0.3 is 5.11 Å². The van der Waals surface area contributed by atoms with Gasteiger partial charge in [0.2, 0.25) is 0 Å². The smallest absolute Gasteiger partial charge is 0.150 e. The van der Waals surface area contributed by atoms with Crippen molar-refractivity contribution in [3.05, 3.63) is 47.5 Å². The molecule has 0 bridgehead atoms. The number of hydrogen-bond donors (Lipinski definition) is 1. The van der Waals surface area contributed by atoms with Gasteiger partial charge in [-0.15, -0.1) is 0 Å². The molecule has 0 saturated heterocycles. The van der Waals surface area contributed by atoms with Gasteiger partial charge in [-0.05, 0) is 39.0 Å². The van der Waals surface area contributed by atoms with Crippen LogP contribution in [0.15, 0.2) is 42.0 Å². The quantitative estimate of drug-likeness (QED) is 0.614. The van der Waals surface area contributed by atoms with Gasteiger partial charge in [0.1, 0.15) is 6.29 Å². The maximum absolute atomic E-state index is 10.0. The molecule has 0 heterocycles. The molecule has 19 heavy (non-hydrogen) atoms. The minimum Gasteiger partial charge on any atom is -0.396 e. The van der Waals surface area contributed by atoms with Crippen molar-refractivity contribution >= 4 is 6.29 Å². The number of allylic oxidation sites excluding steroid dienone is 2. The normalized spacial score (nSPS) is 10.9. The fraction of sp³-hybridized carbons (Fsp3) is 0.471. The summed E-state index contributed by atoms with van der Waals surface area (Å²) >= 11 is 0. The largest absolute Gasteiger partial charge is 0.396 e. The van der Waals surface area contributed by atoms with Crippen LogP contribution in [0.5, 0.6) is 0 Å². The van der Waals surface area contributed by atoms with Crippen molar-refractivity contribution in [3.63, 3.8) is 0 Å². The highest BCUT2D eigenvalue weighted by atomic mass is 16.3. The van der Waals surface area contributed by atoms with Crippen molar-refractivity contribution in [1.29, 1.82) is 0 Å². The fourth-order valence-corrected chi connectivity index (χ4v) is 1.55. The van der Waals surface area contributed by atoms with E-state index in [1.165, 1.54) is 12.0 Å². The first-order valence-corrected chi connectivity index (χ1v) is 6.84. The molecule has 106 valence electrons. The van der Waals surface area contributed by atoms with Gasteiger partial charge in [0.05, 0.1) is 0 Å². The molecule has 0 radical (unpaired) electrons. The molecule has 2 heteroatoms. The molecule has 0 saturated carbocycles. The van der Waals surface area contributed by atoms with Crippen LogP contribution in [0, 0.1) is 5.92 Å². The van der Waals surface area contributed by atoms with E-state index in [9.17, 15) is 4.79 Å². The average Bonchev–Trinajstić information content (AvgIpc) is 2.40. The molecule has 1 atom stereocenters. The summed E-state index contributed by atoms with van der Waals surface area (Å²) in [7, 11) is 0. The van der Waals surface area contributed by atoms with Crippen molar-refractivity contribution in [2.75, 3.05) is 6.61 Å². The first kappa shape index (κ1) is 17.6. The molecule has 0 fully saturated rings. The molecule has 0 amide bonds. The van der Waals surface area contributed by atoms with Crippen LogP contribution < -0.4 is 0 Å². The third kappa shape index (κ3) is 11.4. The summed E-state index contributed by atoms with van der Waals surface area (Å²) in [5.41, 5.74) is 2.12. The van der Waals surface area contributed by atoms with Crippen LogP contribution in [0.1, 0.15) is 50.4 Å². The number of rotatable bonds is 6. The lowest BCUT2D eigenvalue weighted by molar-refractivity contribution is 0.112. The van der Waals surface area contributed by atoms with E-state index >= 15 is 0 Å². The summed E-state index contributed by atoms with van der Waals surface area (Å²) in [5, 5.41) is 8.63. The second-order valence-corrected chi connectivity index (χ2v) is 5.00. The van der Waals surface area contributed by atoms with Crippen molar-refractivity contribution < 1.29 is 9.90 Å². The number of aldehydes is 1. The van der Waals surface area contributed by atoms with Crippen LogP contribution in [-0.4, -0.2) is 18.0 Å². The number of hydrogen-bond acceptors (Lipinski definition) is 2. The van der Waals surface area contributed by atoms with Crippen LogP contribution in [0.4, 0.5) is 0 Å². The van der Waals surface area contributed by atoms with Gasteiger partial charge in [-0.25, -0.2) is 0 Å². The summed E-state index contributed by atoms with van der Waals surface area (Å²) in [4.78, 5) is 10.0. The zero-order chi connectivity index (χ0) is 14.5. The maximum Gasteiger partial charge on any atom is 0.150 e. The summed E-state index contributed by atoms with van der Waals surface area (Å²) in [6, 6.07) is 9.10. The van der Waals surface area contributed by atoms with Crippen LogP contribution >= 0.6 is 0 Å². The summed E-state index contributed by atoms with van der Waals surface area (Å²) in [6.45, 7) is 6.76. The molecule has 0 aliphatic rings. The third-order valence-corrected chi connectivity index (χ3v) is 2.77. The molecule has 0 aromatic heterocycles. The Morgan fingerprint density at radius 2 is 1.84 bits per heavy atom. The van der Waals surface area contributed by atoms with Crippen molar-refractivity contribution in [2.45, 2.75) is 40.0 Å². The summed E-state index contributed by atoms with van der Waals surface area (Å²) < 4.78 is 0. The number of carbonyl (C=O) groups is 1. The lowest BCUT2D eigenvalue weighted by atomic mass is 10.0. The first-order chi connectivity index (χ1) is 9.10. The van der Waals surface area contributed by atoms with Gasteiger partial charge in [-0.1, -0.05) is 48.9 Å². The molecule has 1 rings (SSSR count). The van der Waals surface area contributed by atoms with Crippen LogP contribution in [0.3, 0.4) is 0 Å². The number of carbonyl (C=O) groups excluding carboxylic acids is 1. The third-order valence-electron chi connectivity index (χ3n) is 2.77. The van der Waals surface area contributed by atoms with E-state index in [1.807, 2.05) is 18.2 Å². The van der Waals surface area contributed by atoms with Crippen LogP contribution in [0.2, 0.25) is 0 Å². The van der Waals surface area contributed by atoms with Crippen molar-refractivity contribution in [2.24, 2.45) is 5.92 Å². The number of aliphatic hydroxyl groups is 1. The van der Waals surface area contributed by atoms with E-state index in [2.05, 4.69) is 26.8 Å². The van der Waals surface area contributed by atoms with Gasteiger partial charge in [0, 0.05) is 12.2 Å². The van der Waals surface area contributed by atoms with E-state index in [4.69, 9.17) is 5.11 Å². The second-order valence-electron chi connectivity index (χ2n) is 5.00. The predicted octanol–water partition coefficient (Wildman–Crippen LogP) is 4.25. The Morgan fingerprint density at radius 3 is 2.26 bits per heavy atom. The highest BCUT2D eigenvalue weighted by Crippen LogP contribution is 2.10. The lowest BCUT2D eigenvalue weighted by Crippen LogP contribution is -1.96. The van der Waals surface area contributed by atoms with Crippen molar-refractivity contribution in [3.8, 4) is 0 Å². The van der Waals surface area contributed by atoms with Crippen LogP contribution in [-0.2, 0) is 0 Å². The Balaban J connectivity index is 0.000000356. The zero-order valence-electron chi connectivity index (χ0n) is 12.3.